The molecule has 1 saturated carbocycles. The SMILES string of the molecule is CCC(=O)C1CC1c1cn(C(c2ccccc2)(c2ccccc2)c2ccccc2)cn1. The van der Waals surface area contributed by atoms with Gasteiger partial charge < -0.3 is 4.57 Å². The standard InChI is InChI=1S/C28H26N2O/c1-2-27(31)25-18-24(25)26-19-30(20-29-26)28(21-12-6-3-7-13-21,22-14-8-4-9-15-22)23-16-10-5-11-17-23/h3-17,19-20,24-25H,2,18H2,1H3. The van der Waals surface area contributed by atoms with Crippen LogP contribution in [0.25, 0.3) is 0 Å². The summed E-state index contributed by atoms with van der Waals surface area (Å²) in [4.78, 5) is 17.0. The topological polar surface area (TPSA) is 34.9 Å². The number of imidazole rings is 1. The van der Waals surface area contributed by atoms with Gasteiger partial charge in [0.2, 0.25) is 0 Å². The molecule has 0 bridgehead atoms. The molecule has 0 spiro atoms. The van der Waals surface area contributed by atoms with E-state index in [9.17, 15) is 4.79 Å². The van der Waals surface area contributed by atoms with Crippen molar-refractivity contribution < 1.29 is 4.79 Å². The Morgan fingerprint density at radius 3 is 1.81 bits per heavy atom. The van der Waals surface area contributed by atoms with Crippen molar-refractivity contribution in [3.8, 4) is 0 Å². The summed E-state index contributed by atoms with van der Waals surface area (Å²) >= 11 is 0. The van der Waals surface area contributed by atoms with Crippen molar-refractivity contribution in [3.63, 3.8) is 0 Å². The van der Waals surface area contributed by atoms with Gasteiger partial charge in [0.15, 0.2) is 0 Å². The maximum Gasteiger partial charge on any atom is 0.136 e. The van der Waals surface area contributed by atoms with Crippen LogP contribution in [0.15, 0.2) is 104 Å². The molecule has 5 rings (SSSR count). The fourth-order valence-electron chi connectivity index (χ4n) is 4.84. The molecule has 1 aromatic heterocycles. The number of aromatic nitrogens is 2. The minimum atomic E-state index is -0.547. The molecule has 3 heteroatoms. The minimum absolute atomic E-state index is 0.132. The van der Waals surface area contributed by atoms with Crippen LogP contribution in [0.5, 0.6) is 0 Å². The Morgan fingerprint density at radius 1 is 0.871 bits per heavy atom. The van der Waals surface area contributed by atoms with Gasteiger partial charge in [-0.3, -0.25) is 4.79 Å². The number of carbonyl (C=O) groups is 1. The molecule has 2 unspecified atom stereocenters. The monoisotopic (exact) mass is 406 g/mol. The van der Waals surface area contributed by atoms with Crippen LogP contribution < -0.4 is 0 Å². The van der Waals surface area contributed by atoms with Crippen molar-refractivity contribution in [2.45, 2.75) is 31.2 Å². The number of hydrogen-bond donors (Lipinski definition) is 0. The number of Topliss-reactive ketones (excluding diaryl/α,β-unsaturated/α-hetero) is 1. The highest BCUT2D eigenvalue weighted by molar-refractivity contribution is 5.84. The van der Waals surface area contributed by atoms with E-state index in [0.29, 0.717) is 12.2 Å². The normalized spacial score (nSPS) is 18.0. The Bertz CT molecular complexity index is 1070. The summed E-state index contributed by atoms with van der Waals surface area (Å²) in [5.74, 6) is 0.724. The molecule has 2 atom stereocenters. The van der Waals surface area contributed by atoms with Crippen LogP contribution in [-0.4, -0.2) is 15.3 Å². The molecule has 0 aliphatic heterocycles. The molecule has 0 amide bonds. The largest absolute Gasteiger partial charge is 0.319 e. The quantitative estimate of drug-likeness (QED) is 0.363. The fraction of sp³-hybridized carbons (Fsp3) is 0.214. The third-order valence-corrected chi connectivity index (χ3v) is 6.50. The Kier molecular flexibility index (Phi) is 5.03. The van der Waals surface area contributed by atoms with Crippen LogP contribution in [0.4, 0.5) is 0 Å². The van der Waals surface area contributed by atoms with Gasteiger partial charge >= 0.3 is 0 Å². The van der Waals surface area contributed by atoms with Crippen LogP contribution in [-0.2, 0) is 10.3 Å². The highest BCUT2D eigenvalue weighted by Crippen LogP contribution is 2.49. The molecule has 31 heavy (non-hydrogen) atoms. The van der Waals surface area contributed by atoms with E-state index in [1.807, 2.05) is 13.3 Å². The van der Waals surface area contributed by atoms with Crippen molar-refractivity contribution >= 4 is 5.78 Å². The van der Waals surface area contributed by atoms with Crippen molar-refractivity contribution in [2.75, 3.05) is 0 Å². The molecule has 154 valence electrons. The molecule has 1 aliphatic carbocycles. The maximum atomic E-state index is 12.2. The van der Waals surface area contributed by atoms with Gasteiger partial charge in [-0.2, -0.15) is 0 Å². The average Bonchev–Trinajstić information content (AvgIpc) is 3.50. The van der Waals surface area contributed by atoms with E-state index in [-0.39, 0.29) is 11.8 Å². The van der Waals surface area contributed by atoms with Crippen LogP contribution >= 0.6 is 0 Å². The molecule has 3 aromatic carbocycles. The first-order chi connectivity index (χ1) is 15.2. The summed E-state index contributed by atoms with van der Waals surface area (Å²) in [5, 5.41) is 0. The van der Waals surface area contributed by atoms with Gasteiger partial charge in [0.1, 0.15) is 11.3 Å². The van der Waals surface area contributed by atoms with Gasteiger partial charge in [0.25, 0.3) is 0 Å². The zero-order valence-corrected chi connectivity index (χ0v) is 17.7. The van der Waals surface area contributed by atoms with Crippen molar-refractivity contribution in [1.29, 1.82) is 0 Å². The number of benzene rings is 3. The molecule has 0 N–H and O–H groups in total. The molecule has 3 nitrogen and oxygen atoms in total. The fourth-order valence-corrected chi connectivity index (χ4v) is 4.84. The number of ketones is 1. The second-order valence-corrected chi connectivity index (χ2v) is 8.28. The highest BCUT2D eigenvalue weighted by Gasteiger charge is 2.45. The minimum Gasteiger partial charge on any atom is -0.319 e. The lowest BCUT2D eigenvalue weighted by atomic mass is 9.77. The van der Waals surface area contributed by atoms with Gasteiger partial charge in [0, 0.05) is 24.5 Å². The van der Waals surface area contributed by atoms with E-state index in [4.69, 9.17) is 4.98 Å². The van der Waals surface area contributed by atoms with Gasteiger partial charge in [0.05, 0.1) is 12.0 Å². The van der Waals surface area contributed by atoms with E-state index < -0.39 is 5.54 Å². The smallest absolute Gasteiger partial charge is 0.136 e. The molecular weight excluding hydrogens is 380 g/mol. The van der Waals surface area contributed by atoms with Gasteiger partial charge in [-0.05, 0) is 23.1 Å². The summed E-state index contributed by atoms with van der Waals surface area (Å²) in [6, 6.07) is 31.8. The molecule has 0 saturated heterocycles. The second kappa shape index (κ2) is 7.99. The number of hydrogen-bond acceptors (Lipinski definition) is 2. The first-order valence-corrected chi connectivity index (χ1v) is 11.0. The third kappa shape index (κ3) is 3.31. The predicted octanol–water partition coefficient (Wildman–Crippen LogP) is 5.81. The molecular formula is C28H26N2O. The molecule has 1 aliphatic rings. The van der Waals surface area contributed by atoms with Gasteiger partial charge in [-0.25, -0.2) is 4.98 Å². The number of rotatable bonds is 7. The Labute approximate surface area is 183 Å². The molecule has 0 radical (unpaired) electrons. The van der Waals surface area contributed by atoms with E-state index in [2.05, 4.69) is 102 Å². The van der Waals surface area contributed by atoms with Crippen LogP contribution in [0, 0.1) is 5.92 Å². The Hall–Kier alpha value is -3.46. The number of carbonyl (C=O) groups excluding carboxylic acids is 1. The Morgan fingerprint density at radius 2 is 1.35 bits per heavy atom. The van der Waals surface area contributed by atoms with Crippen molar-refractivity contribution in [1.82, 2.24) is 9.55 Å². The first-order valence-electron chi connectivity index (χ1n) is 11.0. The lowest BCUT2D eigenvalue weighted by Crippen LogP contribution is -2.36. The zero-order chi connectivity index (χ0) is 21.3. The first kappa shape index (κ1) is 19.5. The predicted molar refractivity (Wildman–Crippen MR) is 123 cm³/mol. The van der Waals surface area contributed by atoms with Gasteiger partial charge in [-0.15, -0.1) is 0 Å². The maximum absolute atomic E-state index is 12.2. The zero-order valence-electron chi connectivity index (χ0n) is 17.7. The van der Waals surface area contributed by atoms with E-state index in [0.717, 1.165) is 12.1 Å². The lowest BCUT2D eigenvalue weighted by Gasteiger charge is -2.37. The summed E-state index contributed by atoms with van der Waals surface area (Å²) in [6.45, 7) is 1.95. The van der Waals surface area contributed by atoms with Crippen LogP contribution in [0.2, 0.25) is 0 Å². The second-order valence-electron chi connectivity index (χ2n) is 8.28. The van der Waals surface area contributed by atoms with E-state index in [1.165, 1.54) is 16.7 Å². The summed E-state index contributed by atoms with van der Waals surface area (Å²) in [5.41, 5.74) is 3.99. The highest BCUT2D eigenvalue weighted by atomic mass is 16.1. The summed E-state index contributed by atoms with van der Waals surface area (Å²) < 4.78 is 2.23. The summed E-state index contributed by atoms with van der Waals surface area (Å²) in [7, 11) is 0. The van der Waals surface area contributed by atoms with Crippen LogP contribution in [0.3, 0.4) is 0 Å². The van der Waals surface area contributed by atoms with E-state index in [1.54, 1.807) is 0 Å². The average molecular weight is 407 g/mol. The Balaban J connectivity index is 1.71. The molecule has 1 heterocycles. The summed E-state index contributed by atoms with van der Waals surface area (Å²) in [6.07, 6.45) is 5.61. The lowest BCUT2D eigenvalue weighted by molar-refractivity contribution is -0.120. The van der Waals surface area contributed by atoms with Gasteiger partial charge in [-0.1, -0.05) is 97.9 Å². The van der Waals surface area contributed by atoms with Crippen molar-refractivity contribution in [2.24, 2.45) is 5.92 Å². The third-order valence-electron chi connectivity index (χ3n) is 6.50. The van der Waals surface area contributed by atoms with Crippen molar-refractivity contribution in [3.05, 3.63) is 126 Å². The molecule has 1 fully saturated rings. The molecule has 4 aromatic rings. The van der Waals surface area contributed by atoms with Crippen LogP contribution in [0.1, 0.15) is 48.1 Å². The number of nitrogens with zero attached hydrogens (tertiary/aromatic N) is 2. The van der Waals surface area contributed by atoms with E-state index >= 15 is 0 Å².